The van der Waals surface area contributed by atoms with Gasteiger partial charge in [-0.2, -0.15) is 0 Å². The average molecular weight is 347 g/mol. The molecule has 24 heavy (non-hydrogen) atoms. The van der Waals surface area contributed by atoms with Crippen molar-refractivity contribution in [2.45, 2.75) is 18.1 Å². The summed E-state index contributed by atoms with van der Waals surface area (Å²) >= 11 is 1.03. The SMILES string of the molecule is C=CCN1C(=O)C(CC(=O)O)S/C1=N/NC(=O)Cc1ccccc1. The first-order chi connectivity index (χ1) is 11.5. The van der Waals surface area contributed by atoms with E-state index in [1.807, 2.05) is 30.3 Å². The molecule has 0 spiro atoms. The molecule has 2 rings (SSSR count). The van der Waals surface area contributed by atoms with E-state index in [0.29, 0.717) is 0 Å². The van der Waals surface area contributed by atoms with Crippen LogP contribution < -0.4 is 5.43 Å². The van der Waals surface area contributed by atoms with Crippen molar-refractivity contribution in [2.24, 2.45) is 5.10 Å². The standard InChI is InChI=1S/C16H17N3O4S/c1-2-8-19-15(23)12(10-14(21)22)24-16(19)18-17-13(20)9-11-6-4-3-5-7-11/h2-7,12H,1,8-10H2,(H,17,20)(H,21,22)/b18-16+. The van der Waals surface area contributed by atoms with E-state index < -0.39 is 11.2 Å². The number of carbonyl (C=O) groups excluding carboxylic acids is 2. The molecule has 1 aromatic rings. The number of carboxylic acid groups (broad SMARTS) is 1. The molecule has 1 aliphatic rings. The number of benzene rings is 1. The van der Waals surface area contributed by atoms with Crippen molar-refractivity contribution in [3.8, 4) is 0 Å². The fourth-order valence-corrected chi connectivity index (χ4v) is 3.21. The Kier molecular flexibility index (Phi) is 6.14. The molecule has 2 amide bonds. The second-order valence-corrected chi connectivity index (χ2v) is 6.20. The second-order valence-electron chi connectivity index (χ2n) is 5.03. The zero-order valence-electron chi connectivity index (χ0n) is 12.8. The summed E-state index contributed by atoms with van der Waals surface area (Å²) in [6, 6.07) is 9.18. The maximum Gasteiger partial charge on any atom is 0.305 e. The summed E-state index contributed by atoms with van der Waals surface area (Å²) < 4.78 is 0. The Morgan fingerprint density at radius 3 is 2.71 bits per heavy atom. The van der Waals surface area contributed by atoms with Gasteiger partial charge < -0.3 is 5.11 Å². The Balaban J connectivity index is 2.03. The van der Waals surface area contributed by atoms with Crippen LogP contribution in [0, 0.1) is 0 Å². The van der Waals surface area contributed by atoms with E-state index in [1.165, 1.54) is 11.0 Å². The number of hydrazone groups is 1. The summed E-state index contributed by atoms with van der Waals surface area (Å²) in [5.74, 6) is -1.73. The first-order valence-electron chi connectivity index (χ1n) is 7.22. The summed E-state index contributed by atoms with van der Waals surface area (Å²) in [4.78, 5) is 36.2. The highest BCUT2D eigenvalue weighted by Gasteiger charge is 2.38. The number of thioether (sulfide) groups is 1. The van der Waals surface area contributed by atoms with Crippen LogP contribution in [0.5, 0.6) is 0 Å². The van der Waals surface area contributed by atoms with E-state index in [0.717, 1.165) is 17.3 Å². The quantitative estimate of drug-likeness (QED) is 0.571. The first kappa shape index (κ1) is 17.7. The van der Waals surface area contributed by atoms with Crippen LogP contribution >= 0.6 is 11.8 Å². The molecule has 0 saturated carbocycles. The minimum Gasteiger partial charge on any atom is -0.481 e. The normalized spacial score (nSPS) is 18.7. The van der Waals surface area contributed by atoms with Crippen molar-refractivity contribution >= 4 is 34.7 Å². The van der Waals surface area contributed by atoms with Gasteiger partial charge in [-0.25, -0.2) is 5.43 Å². The van der Waals surface area contributed by atoms with Crippen molar-refractivity contribution in [1.82, 2.24) is 10.3 Å². The molecule has 2 N–H and O–H groups in total. The van der Waals surface area contributed by atoms with Crippen molar-refractivity contribution in [3.63, 3.8) is 0 Å². The molecule has 1 saturated heterocycles. The van der Waals surface area contributed by atoms with E-state index in [2.05, 4.69) is 17.1 Å². The van der Waals surface area contributed by atoms with Crippen molar-refractivity contribution < 1.29 is 19.5 Å². The molecule has 0 bridgehead atoms. The predicted molar refractivity (Wildman–Crippen MR) is 91.3 cm³/mol. The smallest absolute Gasteiger partial charge is 0.305 e. The third-order valence-electron chi connectivity index (χ3n) is 3.18. The average Bonchev–Trinajstić information content (AvgIpc) is 2.82. The van der Waals surface area contributed by atoms with Gasteiger partial charge in [0.15, 0.2) is 5.17 Å². The minimum absolute atomic E-state index is 0.163. The van der Waals surface area contributed by atoms with Crippen molar-refractivity contribution in [1.29, 1.82) is 0 Å². The summed E-state index contributed by atoms with van der Waals surface area (Å²) in [5.41, 5.74) is 3.25. The summed E-state index contributed by atoms with van der Waals surface area (Å²) in [5, 5.41) is 12.4. The van der Waals surface area contributed by atoms with Gasteiger partial charge in [-0.05, 0) is 5.56 Å². The van der Waals surface area contributed by atoms with E-state index >= 15 is 0 Å². The number of amidine groups is 1. The topological polar surface area (TPSA) is 99.1 Å². The molecular weight excluding hydrogens is 330 g/mol. The lowest BCUT2D eigenvalue weighted by molar-refractivity contribution is -0.139. The van der Waals surface area contributed by atoms with Crippen LogP contribution in [-0.2, 0) is 20.8 Å². The van der Waals surface area contributed by atoms with Gasteiger partial charge in [0.05, 0.1) is 12.8 Å². The van der Waals surface area contributed by atoms with Gasteiger partial charge in [-0.3, -0.25) is 19.3 Å². The highest BCUT2D eigenvalue weighted by molar-refractivity contribution is 8.15. The van der Waals surface area contributed by atoms with E-state index in [9.17, 15) is 14.4 Å². The van der Waals surface area contributed by atoms with E-state index in [-0.39, 0.29) is 36.4 Å². The number of carbonyl (C=O) groups is 3. The molecule has 7 nitrogen and oxygen atoms in total. The number of aliphatic carboxylic acids is 1. The lowest BCUT2D eigenvalue weighted by atomic mass is 10.1. The fourth-order valence-electron chi connectivity index (χ4n) is 2.11. The molecule has 8 heteroatoms. The van der Waals surface area contributed by atoms with E-state index in [4.69, 9.17) is 5.11 Å². The van der Waals surface area contributed by atoms with Crippen LogP contribution in [-0.4, -0.2) is 44.8 Å². The first-order valence-corrected chi connectivity index (χ1v) is 8.10. The van der Waals surface area contributed by atoms with Crippen LogP contribution in [0.2, 0.25) is 0 Å². The Hall–Kier alpha value is -2.61. The third-order valence-corrected chi connectivity index (χ3v) is 4.35. The van der Waals surface area contributed by atoms with Gasteiger partial charge in [0.25, 0.3) is 0 Å². The van der Waals surface area contributed by atoms with Crippen LogP contribution in [0.15, 0.2) is 48.1 Å². The lowest BCUT2D eigenvalue weighted by Gasteiger charge is -2.13. The van der Waals surface area contributed by atoms with E-state index in [1.54, 1.807) is 0 Å². The molecule has 0 radical (unpaired) electrons. The molecule has 126 valence electrons. The van der Waals surface area contributed by atoms with Crippen LogP contribution in [0.25, 0.3) is 0 Å². The monoisotopic (exact) mass is 347 g/mol. The zero-order valence-corrected chi connectivity index (χ0v) is 13.7. The summed E-state index contributed by atoms with van der Waals surface area (Å²) in [7, 11) is 0. The van der Waals surface area contributed by atoms with Gasteiger partial charge in [0.2, 0.25) is 11.8 Å². The Bertz CT molecular complexity index is 675. The zero-order chi connectivity index (χ0) is 17.5. The summed E-state index contributed by atoms with van der Waals surface area (Å²) in [6.07, 6.45) is 1.38. The van der Waals surface area contributed by atoms with Crippen molar-refractivity contribution in [2.75, 3.05) is 6.54 Å². The Labute approximate surface area is 143 Å². The fraction of sp³-hybridized carbons (Fsp3) is 0.250. The molecule has 1 aromatic carbocycles. The molecular formula is C16H17N3O4S. The second kappa shape index (κ2) is 8.30. The highest BCUT2D eigenvalue weighted by Crippen LogP contribution is 2.29. The predicted octanol–water partition coefficient (Wildman–Crippen LogP) is 1.22. The Morgan fingerprint density at radius 1 is 1.38 bits per heavy atom. The van der Waals surface area contributed by atoms with Gasteiger partial charge >= 0.3 is 5.97 Å². The van der Waals surface area contributed by atoms with Crippen LogP contribution in [0.1, 0.15) is 12.0 Å². The number of hydrogen-bond acceptors (Lipinski definition) is 5. The number of nitrogens with one attached hydrogen (secondary N) is 1. The molecule has 0 aromatic heterocycles. The summed E-state index contributed by atoms with van der Waals surface area (Å²) in [6.45, 7) is 3.77. The van der Waals surface area contributed by atoms with Gasteiger partial charge in [0.1, 0.15) is 5.25 Å². The number of rotatable bonds is 7. The minimum atomic E-state index is -1.06. The highest BCUT2D eigenvalue weighted by atomic mass is 32.2. The number of amides is 2. The third kappa shape index (κ3) is 4.69. The molecule has 1 unspecified atom stereocenters. The molecule has 1 heterocycles. The maximum atomic E-state index is 12.2. The molecule has 0 aliphatic carbocycles. The molecule has 1 atom stereocenters. The van der Waals surface area contributed by atoms with Gasteiger partial charge in [-0.15, -0.1) is 11.7 Å². The maximum absolute atomic E-state index is 12.2. The number of hydrogen-bond donors (Lipinski definition) is 2. The molecule has 1 aliphatic heterocycles. The van der Waals surface area contributed by atoms with Crippen molar-refractivity contribution in [3.05, 3.63) is 48.6 Å². The lowest BCUT2D eigenvalue weighted by Crippen LogP contribution is -2.34. The Morgan fingerprint density at radius 2 is 2.08 bits per heavy atom. The van der Waals surface area contributed by atoms with Crippen LogP contribution in [0.3, 0.4) is 0 Å². The van der Waals surface area contributed by atoms with Gasteiger partial charge in [0, 0.05) is 6.54 Å². The molecule has 1 fully saturated rings. The number of carboxylic acids is 1. The number of nitrogens with zero attached hydrogens (tertiary/aromatic N) is 2. The van der Waals surface area contributed by atoms with Gasteiger partial charge in [-0.1, -0.05) is 48.2 Å². The van der Waals surface area contributed by atoms with Crippen LogP contribution in [0.4, 0.5) is 0 Å². The largest absolute Gasteiger partial charge is 0.481 e.